The van der Waals surface area contributed by atoms with Crippen LogP contribution in [0.2, 0.25) is 0 Å². The second-order valence-corrected chi connectivity index (χ2v) is 9.37. The number of carboxylic acids is 1. The molecule has 1 aromatic heterocycles. The molecule has 5 rings (SSSR count). The molecule has 0 radical (unpaired) electrons. The summed E-state index contributed by atoms with van der Waals surface area (Å²) >= 11 is 0. The zero-order chi connectivity index (χ0) is 22.0. The molecule has 5 nitrogen and oxygen atoms in total. The lowest BCUT2D eigenvalue weighted by Gasteiger charge is -2.49. The SMILES string of the molecule is Cl.Cl.O=C(O)c1c(C[N+]2(C3CCNCC3)CCCCC2)c(-c2ccccc2)nc2ccccc12. The first-order valence-corrected chi connectivity index (χ1v) is 11.9. The highest BCUT2D eigenvalue weighted by Crippen LogP contribution is 2.37. The molecule has 0 unspecified atom stereocenters. The van der Waals surface area contributed by atoms with Crippen LogP contribution in [0.25, 0.3) is 22.2 Å². The molecule has 2 aliphatic rings. The van der Waals surface area contributed by atoms with Crippen molar-refractivity contribution in [3.8, 4) is 11.3 Å². The van der Waals surface area contributed by atoms with Gasteiger partial charge >= 0.3 is 5.97 Å². The standard InChI is InChI=1S/C27H31N3O2.2ClH/c31-27(32)25-22-11-5-6-12-24(22)29-26(20-9-3-1-4-10-20)23(25)19-30(17-7-2-8-18-30)21-13-15-28-16-14-21;;/h1,3-6,9-12,21,28H,2,7-8,13-19H2;2*1H/p+1. The van der Waals surface area contributed by atoms with Crippen LogP contribution in [0.4, 0.5) is 0 Å². The van der Waals surface area contributed by atoms with Crippen LogP contribution in [-0.2, 0) is 6.54 Å². The molecule has 2 saturated heterocycles. The van der Waals surface area contributed by atoms with Crippen molar-refractivity contribution in [1.82, 2.24) is 10.3 Å². The first-order valence-electron chi connectivity index (χ1n) is 11.9. The summed E-state index contributed by atoms with van der Waals surface area (Å²) < 4.78 is 1.00. The van der Waals surface area contributed by atoms with E-state index < -0.39 is 5.97 Å². The number of pyridine rings is 1. The zero-order valence-electron chi connectivity index (χ0n) is 19.4. The molecular formula is C27H34Cl2N3O2+. The number of nitrogens with one attached hydrogen (secondary N) is 1. The van der Waals surface area contributed by atoms with Gasteiger partial charge in [0.25, 0.3) is 0 Å². The molecule has 0 atom stereocenters. The topological polar surface area (TPSA) is 62.2 Å². The Kier molecular flexibility index (Phi) is 8.94. The molecule has 2 fully saturated rings. The van der Waals surface area contributed by atoms with Crippen LogP contribution in [0.5, 0.6) is 0 Å². The molecule has 0 aliphatic carbocycles. The van der Waals surface area contributed by atoms with E-state index in [0.29, 0.717) is 11.6 Å². The van der Waals surface area contributed by atoms with Gasteiger partial charge in [-0.2, -0.15) is 0 Å². The number of hydrogen-bond acceptors (Lipinski definition) is 3. The summed E-state index contributed by atoms with van der Waals surface area (Å²) in [5.74, 6) is -0.851. The predicted molar refractivity (Wildman–Crippen MR) is 142 cm³/mol. The number of aromatic carboxylic acids is 1. The predicted octanol–water partition coefficient (Wildman–Crippen LogP) is 5.70. The first-order chi connectivity index (χ1) is 15.7. The third kappa shape index (κ3) is 5.08. The number of aromatic nitrogens is 1. The number of para-hydroxylation sites is 1. The van der Waals surface area contributed by atoms with Crippen LogP contribution in [0.3, 0.4) is 0 Å². The van der Waals surface area contributed by atoms with E-state index in [1.54, 1.807) is 0 Å². The monoisotopic (exact) mass is 502 g/mol. The molecular weight excluding hydrogens is 469 g/mol. The summed E-state index contributed by atoms with van der Waals surface area (Å²) in [5, 5.41) is 14.7. The molecule has 182 valence electrons. The van der Waals surface area contributed by atoms with Gasteiger partial charge in [0, 0.05) is 42.4 Å². The van der Waals surface area contributed by atoms with E-state index >= 15 is 0 Å². The molecule has 0 bridgehead atoms. The zero-order valence-corrected chi connectivity index (χ0v) is 21.0. The summed E-state index contributed by atoms with van der Waals surface area (Å²) in [6.07, 6.45) is 6.02. The second-order valence-electron chi connectivity index (χ2n) is 9.37. The summed E-state index contributed by atoms with van der Waals surface area (Å²) in [6.45, 7) is 5.11. The minimum Gasteiger partial charge on any atom is -0.478 e. The summed E-state index contributed by atoms with van der Waals surface area (Å²) in [6, 6.07) is 18.4. The molecule has 7 heteroatoms. The number of quaternary nitrogens is 1. The lowest BCUT2D eigenvalue weighted by Crippen LogP contribution is -2.60. The fourth-order valence-electron chi connectivity index (χ4n) is 5.95. The third-order valence-corrected chi connectivity index (χ3v) is 7.52. The van der Waals surface area contributed by atoms with Crippen molar-refractivity contribution in [3.63, 3.8) is 0 Å². The molecule has 2 N–H and O–H groups in total. The summed E-state index contributed by atoms with van der Waals surface area (Å²) in [4.78, 5) is 17.7. The maximum Gasteiger partial charge on any atom is 0.336 e. The largest absolute Gasteiger partial charge is 0.478 e. The van der Waals surface area contributed by atoms with Crippen molar-refractivity contribution in [3.05, 3.63) is 65.7 Å². The highest BCUT2D eigenvalue weighted by molar-refractivity contribution is 6.05. The van der Waals surface area contributed by atoms with Gasteiger partial charge in [0.15, 0.2) is 0 Å². The molecule has 0 spiro atoms. The smallest absolute Gasteiger partial charge is 0.336 e. The van der Waals surface area contributed by atoms with Crippen LogP contribution >= 0.6 is 24.8 Å². The number of benzene rings is 2. The Balaban J connectivity index is 0.00000162. The Hall–Kier alpha value is -2.18. The number of nitrogens with zero attached hydrogens (tertiary/aromatic N) is 2. The van der Waals surface area contributed by atoms with E-state index in [1.165, 1.54) is 19.3 Å². The quantitative estimate of drug-likeness (QED) is 0.439. The Labute approximate surface area is 214 Å². The normalized spacial score (nSPS) is 18.0. The molecule has 3 heterocycles. The van der Waals surface area contributed by atoms with Gasteiger partial charge in [0.1, 0.15) is 6.54 Å². The van der Waals surface area contributed by atoms with Crippen molar-refractivity contribution in [2.24, 2.45) is 0 Å². The van der Waals surface area contributed by atoms with Crippen molar-refractivity contribution >= 4 is 41.7 Å². The second kappa shape index (κ2) is 11.5. The lowest BCUT2D eigenvalue weighted by molar-refractivity contribution is -0.968. The Morgan fingerprint density at radius 2 is 1.59 bits per heavy atom. The van der Waals surface area contributed by atoms with E-state index in [2.05, 4.69) is 17.4 Å². The minimum absolute atomic E-state index is 0. The van der Waals surface area contributed by atoms with Crippen molar-refractivity contribution in [2.75, 3.05) is 26.2 Å². The number of carboxylic acid groups (broad SMARTS) is 1. The lowest BCUT2D eigenvalue weighted by atomic mass is 9.91. The molecule has 34 heavy (non-hydrogen) atoms. The summed E-state index contributed by atoms with van der Waals surface area (Å²) in [5.41, 5.74) is 3.92. The fraction of sp³-hybridized carbons (Fsp3) is 0.407. The number of piperidine rings is 2. The van der Waals surface area contributed by atoms with E-state index in [0.717, 1.165) is 77.8 Å². The van der Waals surface area contributed by atoms with E-state index in [-0.39, 0.29) is 24.8 Å². The fourth-order valence-corrected chi connectivity index (χ4v) is 5.95. The van der Waals surface area contributed by atoms with Crippen molar-refractivity contribution in [1.29, 1.82) is 0 Å². The van der Waals surface area contributed by atoms with Crippen LogP contribution in [0, 0.1) is 0 Å². The molecule has 0 saturated carbocycles. The van der Waals surface area contributed by atoms with Crippen molar-refractivity contribution in [2.45, 2.75) is 44.7 Å². The van der Waals surface area contributed by atoms with Crippen LogP contribution in [0.15, 0.2) is 54.6 Å². The third-order valence-electron chi connectivity index (χ3n) is 7.52. The highest BCUT2D eigenvalue weighted by atomic mass is 35.5. The average Bonchev–Trinajstić information content (AvgIpc) is 2.85. The molecule has 2 aliphatic heterocycles. The number of rotatable bonds is 5. The van der Waals surface area contributed by atoms with Crippen LogP contribution in [-0.4, -0.2) is 52.8 Å². The molecule has 2 aromatic carbocycles. The van der Waals surface area contributed by atoms with Gasteiger partial charge in [0.05, 0.1) is 35.9 Å². The van der Waals surface area contributed by atoms with Crippen molar-refractivity contribution < 1.29 is 14.4 Å². The Morgan fingerprint density at radius 3 is 2.26 bits per heavy atom. The van der Waals surface area contributed by atoms with E-state index in [4.69, 9.17) is 4.98 Å². The van der Waals surface area contributed by atoms with Crippen LogP contribution < -0.4 is 5.32 Å². The van der Waals surface area contributed by atoms with Gasteiger partial charge in [0.2, 0.25) is 0 Å². The van der Waals surface area contributed by atoms with Crippen LogP contribution in [0.1, 0.15) is 48.0 Å². The highest BCUT2D eigenvalue weighted by Gasteiger charge is 2.41. The van der Waals surface area contributed by atoms with Gasteiger partial charge in [-0.25, -0.2) is 9.78 Å². The number of hydrogen-bond donors (Lipinski definition) is 2. The Bertz CT molecular complexity index is 1110. The maximum atomic E-state index is 12.7. The maximum absolute atomic E-state index is 12.7. The number of fused-ring (bicyclic) bond motifs is 1. The molecule has 0 amide bonds. The van der Waals surface area contributed by atoms with Gasteiger partial charge in [-0.05, 0) is 25.3 Å². The first kappa shape index (κ1) is 26.4. The Morgan fingerprint density at radius 1 is 0.941 bits per heavy atom. The number of carbonyl (C=O) groups is 1. The summed E-state index contributed by atoms with van der Waals surface area (Å²) in [7, 11) is 0. The van der Waals surface area contributed by atoms with Gasteiger partial charge < -0.3 is 14.9 Å². The average molecular weight is 503 g/mol. The van der Waals surface area contributed by atoms with Gasteiger partial charge in [-0.15, -0.1) is 24.8 Å². The number of likely N-dealkylation sites (tertiary alicyclic amines) is 1. The van der Waals surface area contributed by atoms with Gasteiger partial charge in [-0.1, -0.05) is 48.5 Å². The number of halogens is 2. The minimum atomic E-state index is -0.851. The van der Waals surface area contributed by atoms with Gasteiger partial charge in [-0.3, -0.25) is 0 Å². The van der Waals surface area contributed by atoms with E-state index in [1.807, 2.05) is 42.5 Å². The van der Waals surface area contributed by atoms with E-state index in [9.17, 15) is 9.90 Å². The molecule has 3 aromatic rings.